The topological polar surface area (TPSA) is 112 Å². The Balaban J connectivity index is 2.03. The maximum Gasteiger partial charge on any atom is 0.197 e. The molecule has 0 bridgehead atoms. The average molecular weight is 323 g/mol. The van der Waals surface area contributed by atoms with Crippen LogP contribution in [0.3, 0.4) is 0 Å². The van der Waals surface area contributed by atoms with Gasteiger partial charge >= 0.3 is 0 Å². The van der Waals surface area contributed by atoms with Crippen LogP contribution in [0.25, 0.3) is 11.0 Å². The van der Waals surface area contributed by atoms with Crippen molar-refractivity contribution in [3.63, 3.8) is 0 Å². The Labute approximate surface area is 127 Å². The first-order valence-electron chi connectivity index (χ1n) is 7.21. The van der Waals surface area contributed by atoms with Crippen LogP contribution < -0.4 is 4.90 Å². The number of nitrogens with one attached hydrogen (secondary N) is 1. The standard InChI is InChI=1S/C13H17N5O3S/c1-7-14-10-9-11(15-7)18-6-13(2,19)4-3-8(18)5-22(20,21)12(9)17-16-10/h8,19H,3-6H2,1-2H3,(H,14,15,16,17)/t8?,13-/m1/s1. The number of hydrogen-bond acceptors (Lipinski definition) is 7. The fraction of sp³-hybridized carbons (Fsp3) is 0.615. The van der Waals surface area contributed by atoms with Crippen LogP contribution in [0.5, 0.6) is 0 Å². The van der Waals surface area contributed by atoms with Gasteiger partial charge in [0.1, 0.15) is 17.0 Å². The molecular formula is C13H17N5O3S. The molecule has 2 atom stereocenters. The lowest BCUT2D eigenvalue weighted by atomic mass is 9.91. The Morgan fingerprint density at radius 3 is 2.95 bits per heavy atom. The number of sulfone groups is 1. The normalized spacial score (nSPS) is 30.1. The molecule has 4 rings (SSSR count). The van der Waals surface area contributed by atoms with Crippen molar-refractivity contribution in [2.45, 2.75) is 43.4 Å². The van der Waals surface area contributed by atoms with Crippen molar-refractivity contribution in [3.8, 4) is 0 Å². The fourth-order valence-corrected chi connectivity index (χ4v) is 5.08. The highest BCUT2D eigenvalue weighted by Gasteiger charge is 2.42. The van der Waals surface area contributed by atoms with Gasteiger partial charge in [-0.15, -0.1) is 0 Å². The third kappa shape index (κ3) is 1.92. The Morgan fingerprint density at radius 1 is 1.41 bits per heavy atom. The smallest absolute Gasteiger partial charge is 0.197 e. The minimum atomic E-state index is -3.48. The van der Waals surface area contributed by atoms with Crippen molar-refractivity contribution >= 4 is 26.7 Å². The van der Waals surface area contributed by atoms with Crippen molar-refractivity contribution < 1.29 is 13.5 Å². The maximum absolute atomic E-state index is 12.6. The molecule has 118 valence electrons. The first kappa shape index (κ1) is 13.9. The lowest BCUT2D eigenvalue weighted by Gasteiger charge is -2.42. The molecule has 1 saturated heterocycles. The molecule has 2 aromatic heterocycles. The molecule has 1 fully saturated rings. The van der Waals surface area contributed by atoms with Crippen molar-refractivity contribution in [1.82, 2.24) is 20.2 Å². The van der Waals surface area contributed by atoms with Crippen LogP contribution in [0.1, 0.15) is 25.6 Å². The summed E-state index contributed by atoms with van der Waals surface area (Å²) in [4.78, 5) is 10.6. The summed E-state index contributed by atoms with van der Waals surface area (Å²) in [5.74, 6) is 1.08. The van der Waals surface area contributed by atoms with E-state index in [-0.39, 0.29) is 16.8 Å². The highest BCUT2D eigenvalue weighted by Crippen LogP contribution is 2.38. The van der Waals surface area contributed by atoms with Crippen LogP contribution in [0.15, 0.2) is 5.03 Å². The molecule has 2 aliphatic heterocycles. The second-order valence-electron chi connectivity index (χ2n) is 6.44. The number of H-pyrrole nitrogens is 1. The number of hydrogen-bond donors (Lipinski definition) is 2. The summed E-state index contributed by atoms with van der Waals surface area (Å²) in [6, 6.07) is -0.191. The fourth-order valence-electron chi connectivity index (χ4n) is 3.39. The van der Waals surface area contributed by atoms with Gasteiger partial charge in [0, 0.05) is 12.6 Å². The van der Waals surface area contributed by atoms with Gasteiger partial charge < -0.3 is 10.0 Å². The molecule has 0 aliphatic carbocycles. The largest absolute Gasteiger partial charge is 0.388 e. The molecule has 2 aromatic rings. The lowest BCUT2D eigenvalue weighted by molar-refractivity contribution is 0.0379. The Bertz CT molecular complexity index is 873. The Morgan fingerprint density at radius 2 is 2.18 bits per heavy atom. The van der Waals surface area contributed by atoms with E-state index < -0.39 is 15.4 Å². The van der Waals surface area contributed by atoms with E-state index in [0.717, 1.165) is 0 Å². The van der Waals surface area contributed by atoms with Crippen LogP contribution >= 0.6 is 0 Å². The number of rotatable bonds is 0. The van der Waals surface area contributed by atoms with E-state index in [1.165, 1.54) is 0 Å². The molecule has 1 unspecified atom stereocenters. The quantitative estimate of drug-likeness (QED) is 0.710. The molecule has 0 aromatic carbocycles. The summed E-state index contributed by atoms with van der Waals surface area (Å²) in [6.45, 7) is 3.87. The molecule has 2 N–H and O–H groups in total. The number of aryl methyl sites for hydroxylation is 1. The third-order valence-electron chi connectivity index (χ3n) is 4.44. The Hall–Kier alpha value is -1.74. The monoisotopic (exact) mass is 323 g/mol. The summed E-state index contributed by atoms with van der Waals surface area (Å²) in [5, 5.41) is 17.6. The van der Waals surface area contributed by atoms with Crippen LogP contribution in [-0.2, 0) is 9.84 Å². The average Bonchev–Trinajstić information content (AvgIpc) is 2.80. The van der Waals surface area contributed by atoms with Crippen molar-refractivity contribution in [3.05, 3.63) is 5.82 Å². The second kappa shape index (κ2) is 4.17. The highest BCUT2D eigenvalue weighted by molar-refractivity contribution is 7.91. The van der Waals surface area contributed by atoms with E-state index in [0.29, 0.717) is 42.1 Å². The predicted octanol–water partition coefficient (Wildman–Crippen LogP) is 0.168. The first-order valence-corrected chi connectivity index (χ1v) is 8.87. The van der Waals surface area contributed by atoms with Gasteiger partial charge in [-0.25, -0.2) is 18.4 Å². The van der Waals surface area contributed by atoms with Gasteiger partial charge in [0.15, 0.2) is 20.5 Å². The summed E-state index contributed by atoms with van der Waals surface area (Å²) < 4.78 is 25.3. The number of aliphatic hydroxyl groups is 1. The number of aromatic amines is 1. The van der Waals surface area contributed by atoms with E-state index in [1.54, 1.807) is 13.8 Å². The highest BCUT2D eigenvalue weighted by atomic mass is 32.2. The SMILES string of the molecule is Cc1nc2c3c([nH]nc3n1)S(=O)(=O)CC1CC[C@@](C)(O)CN21. The van der Waals surface area contributed by atoms with Crippen molar-refractivity contribution in [1.29, 1.82) is 0 Å². The van der Waals surface area contributed by atoms with Gasteiger partial charge in [0.25, 0.3) is 0 Å². The molecule has 0 saturated carbocycles. The maximum atomic E-state index is 12.6. The zero-order chi connectivity index (χ0) is 15.7. The number of aromatic nitrogens is 4. The molecule has 9 heteroatoms. The number of nitrogens with zero attached hydrogens (tertiary/aromatic N) is 4. The van der Waals surface area contributed by atoms with Gasteiger partial charge in [0.05, 0.1) is 11.4 Å². The lowest BCUT2D eigenvalue weighted by Crippen LogP contribution is -2.53. The summed E-state index contributed by atoms with van der Waals surface area (Å²) in [5.41, 5.74) is -0.508. The van der Waals surface area contributed by atoms with Crippen LogP contribution in [0.4, 0.5) is 5.82 Å². The minimum absolute atomic E-state index is 0.00419. The number of piperidine rings is 1. The molecule has 4 heterocycles. The summed E-state index contributed by atoms with van der Waals surface area (Å²) in [6.07, 6.45) is 1.18. The van der Waals surface area contributed by atoms with Crippen LogP contribution in [0, 0.1) is 6.92 Å². The number of fused-ring (bicyclic) bond motifs is 2. The second-order valence-corrected chi connectivity index (χ2v) is 8.42. The third-order valence-corrected chi connectivity index (χ3v) is 6.18. The van der Waals surface area contributed by atoms with Crippen molar-refractivity contribution in [2.75, 3.05) is 17.2 Å². The van der Waals surface area contributed by atoms with Gasteiger partial charge in [-0.1, -0.05) is 0 Å². The van der Waals surface area contributed by atoms with E-state index >= 15 is 0 Å². The molecule has 8 nitrogen and oxygen atoms in total. The van der Waals surface area contributed by atoms with Gasteiger partial charge in [-0.05, 0) is 26.7 Å². The van der Waals surface area contributed by atoms with Crippen molar-refractivity contribution in [2.24, 2.45) is 0 Å². The summed E-state index contributed by atoms with van der Waals surface area (Å²) >= 11 is 0. The van der Waals surface area contributed by atoms with E-state index in [9.17, 15) is 13.5 Å². The van der Waals surface area contributed by atoms with Gasteiger partial charge in [-0.2, -0.15) is 5.10 Å². The molecule has 0 amide bonds. The van der Waals surface area contributed by atoms with E-state index in [4.69, 9.17) is 0 Å². The zero-order valence-electron chi connectivity index (χ0n) is 12.4. The molecule has 0 radical (unpaired) electrons. The Kier molecular flexibility index (Phi) is 2.63. The van der Waals surface area contributed by atoms with E-state index in [2.05, 4.69) is 20.2 Å². The minimum Gasteiger partial charge on any atom is -0.388 e. The predicted molar refractivity (Wildman–Crippen MR) is 79.5 cm³/mol. The van der Waals surface area contributed by atoms with E-state index in [1.807, 2.05) is 4.90 Å². The molecular weight excluding hydrogens is 306 g/mol. The summed E-state index contributed by atoms with van der Waals surface area (Å²) in [7, 11) is -3.48. The number of anilines is 1. The van der Waals surface area contributed by atoms with Crippen LogP contribution in [-0.4, -0.2) is 57.6 Å². The van der Waals surface area contributed by atoms with Gasteiger partial charge in [-0.3, -0.25) is 5.10 Å². The van der Waals surface area contributed by atoms with Crippen LogP contribution in [0.2, 0.25) is 0 Å². The zero-order valence-corrected chi connectivity index (χ0v) is 13.2. The van der Waals surface area contributed by atoms with Gasteiger partial charge in [0.2, 0.25) is 0 Å². The molecule has 22 heavy (non-hydrogen) atoms. The first-order chi connectivity index (χ1) is 10.3. The molecule has 2 aliphatic rings. The molecule has 0 spiro atoms.